The molecule has 164 valence electrons. The number of thiocarbonyl (C=S) groups is 1. The molecule has 0 radical (unpaired) electrons. The van der Waals surface area contributed by atoms with Gasteiger partial charge in [0.2, 0.25) is 0 Å². The molecule has 0 atom stereocenters. The van der Waals surface area contributed by atoms with Gasteiger partial charge in [-0.25, -0.2) is 0 Å². The Morgan fingerprint density at radius 3 is 2.61 bits per heavy atom. The minimum absolute atomic E-state index is 0.0737. The van der Waals surface area contributed by atoms with Crippen molar-refractivity contribution in [3.8, 4) is 5.75 Å². The summed E-state index contributed by atoms with van der Waals surface area (Å²) < 4.78 is 8.94. The van der Waals surface area contributed by atoms with Crippen LogP contribution in [0.5, 0.6) is 5.75 Å². The van der Waals surface area contributed by atoms with Crippen molar-refractivity contribution < 1.29 is 9.53 Å². The van der Waals surface area contributed by atoms with Crippen molar-refractivity contribution in [2.45, 2.75) is 38.1 Å². The number of nitrogens with zero attached hydrogens (tertiary/aromatic N) is 3. The Bertz CT molecular complexity index is 1250. The van der Waals surface area contributed by atoms with Crippen LogP contribution in [-0.4, -0.2) is 40.4 Å². The third-order valence-corrected chi connectivity index (χ3v) is 9.33. The van der Waals surface area contributed by atoms with E-state index in [1.54, 1.807) is 28.3 Å². The number of benzene rings is 1. The highest BCUT2D eigenvalue weighted by atomic mass is 32.2. The molecule has 0 bridgehead atoms. The van der Waals surface area contributed by atoms with Crippen molar-refractivity contribution in [1.29, 1.82) is 0 Å². The number of hydrogen-bond acceptors (Lipinski definition) is 8. The Hall–Kier alpha value is -1.75. The normalized spacial score (nSPS) is 19.5. The molecule has 0 spiro atoms. The van der Waals surface area contributed by atoms with Gasteiger partial charge < -0.3 is 9.64 Å². The Morgan fingerprint density at radius 2 is 1.94 bits per heavy atom. The molecule has 0 unspecified atom stereocenters. The molecular weight excluding hydrogens is 471 g/mol. The number of rotatable bonds is 5. The number of thiazole rings is 1. The maximum atomic E-state index is 13.3. The topological polar surface area (TPSA) is 54.8 Å². The second kappa shape index (κ2) is 9.01. The summed E-state index contributed by atoms with van der Waals surface area (Å²) in [6, 6.07) is 5.89. The average molecular weight is 494 g/mol. The maximum Gasteiger partial charge on any atom is 0.271 e. The first-order valence-electron chi connectivity index (χ1n) is 10.0. The Balaban J connectivity index is 1.87. The van der Waals surface area contributed by atoms with Crippen molar-refractivity contribution in [2.24, 2.45) is 0 Å². The van der Waals surface area contributed by atoms with Gasteiger partial charge in [-0.3, -0.25) is 19.1 Å². The summed E-state index contributed by atoms with van der Waals surface area (Å²) in [5, 5.41) is 0.869. The predicted octanol–water partition coefficient (Wildman–Crippen LogP) is 3.01. The number of anilines is 1. The fourth-order valence-corrected chi connectivity index (χ4v) is 7.45. The fourth-order valence-electron chi connectivity index (χ4n) is 3.49. The number of amides is 1. The number of unbranched alkanes of at least 4 members (excludes halogenated alkanes) is 1. The van der Waals surface area contributed by atoms with Crippen molar-refractivity contribution >= 4 is 72.9 Å². The monoisotopic (exact) mass is 493 g/mol. The van der Waals surface area contributed by atoms with Crippen LogP contribution < -0.4 is 24.4 Å². The lowest BCUT2D eigenvalue weighted by Crippen LogP contribution is -2.34. The first-order valence-corrected chi connectivity index (χ1v) is 12.9. The van der Waals surface area contributed by atoms with Crippen LogP contribution in [-0.2, 0) is 11.3 Å². The van der Waals surface area contributed by atoms with Crippen LogP contribution in [0.15, 0.2) is 27.9 Å². The predicted molar refractivity (Wildman–Crippen MR) is 134 cm³/mol. The summed E-state index contributed by atoms with van der Waals surface area (Å²) in [5.41, 5.74) is 0.929. The fraction of sp³-hybridized carbons (Fsp3) is 0.381. The molecule has 2 aliphatic heterocycles. The van der Waals surface area contributed by atoms with Gasteiger partial charge >= 0.3 is 0 Å². The van der Waals surface area contributed by atoms with Gasteiger partial charge in [-0.15, -0.1) is 11.3 Å². The molecule has 0 aliphatic carbocycles. The Labute approximate surface area is 198 Å². The third kappa shape index (κ3) is 3.83. The summed E-state index contributed by atoms with van der Waals surface area (Å²) in [6.07, 6.45) is 1.89. The van der Waals surface area contributed by atoms with E-state index in [-0.39, 0.29) is 11.5 Å². The third-order valence-electron chi connectivity index (χ3n) is 5.21. The molecule has 31 heavy (non-hydrogen) atoms. The summed E-state index contributed by atoms with van der Waals surface area (Å²) in [5.74, 6) is 0.679. The molecular formula is C21H23N3O3S4. The number of ether oxygens (including phenoxy) is 1. The molecule has 2 aliphatic rings. The van der Waals surface area contributed by atoms with Crippen LogP contribution in [0.2, 0.25) is 0 Å². The number of hydrogen-bond donors (Lipinski definition) is 0. The van der Waals surface area contributed by atoms with Gasteiger partial charge in [-0.05, 0) is 25.5 Å². The molecule has 1 aromatic carbocycles. The zero-order valence-corrected chi connectivity index (χ0v) is 21.0. The molecule has 6 nitrogen and oxygen atoms in total. The molecule has 1 fully saturated rings. The Kier molecular flexibility index (Phi) is 6.52. The number of aromatic nitrogens is 1. The molecule has 1 amide bonds. The van der Waals surface area contributed by atoms with Crippen molar-refractivity contribution in [1.82, 2.24) is 9.47 Å². The number of fused-ring (bicyclic) bond motifs is 1. The van der Waals surface area contributed by atoms with Gasteiger partial charge in [0, 0.05) is 31.1 Å². The van der Waals surface area contributed by atoms with Crippen LogP contribution in [0.4, 0.5) is 5.69 Å². The molecule has 3 heterocycles. The highest BCUT2D eigenvalue weighted by molar-refractivity contribution is 8.30. The SMILES string of the molecule is CCCCN1C(=O)C(=c2sc(=C3Sc4ccc(OC)cc4N3C)c(=O)n2CC)SC1=S. The largest absolute Gasteiger partial charge is 0.497 e. The molecule has 1 aromatic heterocycles. The number of methoxy groups -OCH3 is 1. The molecule has 1 saturated heterocycles. The second-order valence-corrected chi connectivity index (χ2v) is 10.8. The van der Waals surface area contributed by atoms with Crippen LogP contribution in [0.25, 0.3) is 9.93 Å². The minimum atomic E-state index is -0.0936. The molecule has 0 N–H and O–H groups in total. The zero-order chi connectivity index (χ0) is 22.3. The maximum absolute atomic E-state index is 13.3. The smallest absolute Gasteiger partial charge is 0.271 e. The van der Waals surface area contributed by atoms with E-state index >= 15 is 0 Å². The quantitative estimate of drug-likeness (QED) is 0.594. The van der Waals surface area contributed by atoms with Gasteiger partial charge in [0.05, 0.1) is 12.8 Å². The second-order valence-electron chi connectivity index (χ2n) is 7.09. The lowest BCUT2D eigenvalue weighted by Gasteiger charge is -2.13. The standard InChI is InChI=1S/C21H23N3O3S4/c1-5-7-10-24-18(26)16(31-21(24)28)20-23(6-2)17(25)15(30-20)19-22(3)13-11-12(27-4)8-9-14(13)29-19/h8-9,11H,5-7,10H2,1-4H3. The van der Waals surface area contributed by atoms with E-state index in [4.69, 9.17) is 17.0 Å². The molecule has 0 saturated carbocycles. The van der Waals surface area contributed by atoms with E-state index < -0.39 is 0 Å². The summed E-state index contributed by atoms with van der Waals surface area (Å²) in [6.45, 7) is 5.12. The lowest BCUT2D eigenvalue weighted by atomic mass is 10.3. The van der Waals surface area contributed by atoms with E-state index in [2.05, 4.69) is 6.92 Å². The van der Waals surface area contributed by atoms with E-state index in [1.165, 1.54) is 23.1 Å². The van der Waals surface area contributed by atoms with Gasteiger partial charge in [0.1, 0.15) is 29.2 Å². The van der Waals surface area contributed by atoms with E-state index in [0.29, 0.717) is 31.5 Å². The molecule has 10 heteroatoms. The van der Waals surface area contributed by atoms with Crippen LogP contribution in [0.3, 0.4) is 0 Å². The Morgan fingerprint density at radius 1 is 1.16 bits per heavy atom. The van der Waals surface area contributed by atoms with Crippen molar-refractivity contribution in [3.63, 3.8) is 0 Å². The van der Waals surface area contributed by atoms with Gasteiger partial charge in [-0.1, -0.05) is 49.1 Å². The first kappa shape index (κ1) is 22.4. The van der Waals surface area contributed by atoms with Crippen LogP contribution in [0, 0.1) is 0 Å². The van der Waals surface area contributed by atoms with Gasteiger partial charge in [-0.2, -0.15) is 0 Å². The van der Waals surface area contributed by atoms with Crippen molar-refractivity contribution in [2.75, 3.05) is 25.6 Å². The minimum Gasteiger partial charge on any atom is -0.497 e. The summed E-state index contributed by atoms with van der Waals surface area (Å²) in [4.78, 5) is 31.7. The first-order chi connectivity index (χ1) is 14.9. The number of carbonyl (C=O) groups excluding carboxylic acids is 1. The van der Waals surface area contributed by atoms with E-state index in [9.17, 15) is 9.59 Å². The van der Waals surface area contributed by atoms with Crippen LogP contribution in [0.1, 0.15) is 26.7 Å². The van der Waals surface area contributed by atoms with Gasteiger partial charge in [0.15, 0.2) is 0 Å². The zero-order valence-electron chi connectivity index (χ0n) is 17.8. The highest BCUT2D eigenvalue weighted by Gasteiger charge is 2.34. The summed E-state index contributed by atoms with van der Waals surface area (Å²) >= 11 is 9.70. The lowest BCUT2D eigenvalue weighted by molar-refractivity contribution is -0.120. The highest BCUT2D eigenvalue weighted by Crippen LogP contribution is 2.46. The van der Waals surface area contributed by atoms with Gasteiger partial charge in [0.25, 0.3) is 11.5 Å². The van der Waals surface area contributed by atoms with E-state index in [1.807, 2.05) is 37.1 Å². The van der Waals surface area contributed by atoms with Crippen molar-refractivity contribution in [3.05, 3.63) is 37.7 Å². The number of carbonyl (C=O) groups is 1. The number of thioether (sulfide) groups is 2. The van der Waals surface area contributed by atoms with E-state index in [0.717, 1.165) is 34.2 Å². The van der Waals surface area contributed by atoms with Crippen LogP contribution >= 0.6 is 47.1 Å². The average Bonchev–Trinajstić information content (AvgIpc) is 3.37. The molecule has 4 rings (SSSR count). The molecule has 2 aromatic rings. The summed E-state index contributed by atoms with van der Waals surface area (Å²) in [7, 11) is 3.59.